The molecule has 0 saturated heterocycles. The zero-order chi connectivity index (χ0) is 14.4. The molecule has 1 amide bonds. The minimum Gasteiger partial charge on any atom is -0.352 e. The molecule has 0 aliphatic carbocycles. The van der Waals surface area contributed by atoms with Crippen LogP contribution in [0.5, 0.6) is 0 Å². The molecular weight excluding hydrogens is 311 g/mol. The lowest BCUT2D eigenvalue weighted by Crippen LogP contribution is -2.31. The highest BCUT2D eigenvalue weighted by molar-refractivity contribution is 9.10. The van der Waals surface area contributed by atoms with E-state index in [4.69, 9.17) is 0 Å². The summed E-state index contributed by atoms with van der Waals surface area (Å²) in [5, 5.41) is 2.73. The van der Waals surface area contributed by atoms with Crippen molar-refractivity contribution in [3.05, 3.63) is 34.1 Å². The van der Waals surface area contributed by atoms with Crippen LogP contribution >= 0.6 is 15.9 Å². The molecule has 0 heterocycles. The fourth-order valence-corrected chi connectivity index (χ4v) is 1.89. The smallest absolute Gasteiger partial charge is 0.254 e. The van der Waals surface area contributed by atoms with Crippen molar-refractivity contribution < 1.29 is 9.18 Å². The number of benzene rings is 1. The van der Waals surface area contributed by atoms with E-state index in [1.165, 1.54) is 12.1 Å². The standard InChI is InChI=1S/C14H20BrFN2O/c1-10(2)18(3)8-4-7-17-14(19)12-6-5-11(15)9-13(12)16/h5-6,9-10H,4,7-8H2,1-3H3,(H,17,19). The predicted octanol–water partition coefficient (Wildman–Crippen LogP) is 3.05. The van der Waals surface area contributed by atoms with Gasteiger partial charge in [0.15, 0.2) is 0 Å². The Hall–Kier alpha value is -0.940. The summed E-state index contributed by atoms with van der Waals surface area (Å²) in [7, 11) is 2.04. The number of hydrogen-bond donors (Lipinski definition) is 1. The van der Waals surface area contributed by atoms with Crippen molar-refractivity contribution >= 4 is 21.8 Å². The summed E-state index contributed by atoms with van der Waals surface area (Å²) in [5.74, 6) is -0.872. The Morgan fingerprint density at radius 3 is 2.74 bits per heavy atom. The van der Waals surface area contributed by atoms with Crippen LogP contribution in [-0.2, 0) is 0 Å². The van der Waals surface area contributed by atoms with Gasteiger partial charge in [-0.3, -0.25) is 4.79 Å². The summed E-state index contributed by atoms with van der Waals surface area (Å²) in [6, 6.07) is 4.92. The number of nitrogens with one attached hydrogen (secondary N) is 1. The van der Waals surface area contributed by atoms with Gasteiger partial charge in [-0.05, 0) is 52.1 Å². The van der Waals surface area contributed by atoms with Crippen molar-refractivity contribution in [1.29, 1.82) is 0 Å². The van der Waals surface area contributed by atoms with E-state index in [9.17, 15) is 9.18 Å². The highest BCUT2D eigenvalue weighted by atomic mass is 79.9. The van der Waals surface area contributed by atoms with Gasteiger partial charge < -0.3 is 10.2 Å². The van der Waals surface area contributed by atoms with Crippen LogP contribution in [0.3, 0.4) is 0 Å². The Morgan fingerprint density at radius 2 is 2.16 bits per heavy atom. The molecule has 1 aromatic rings. The lowest BCUT2D eigenvalue weighted by molar-refractivity contribution is 0.0947. The zero-order valence-corrected chi connectivity index (χ0v) is 13.1. The second-order valence-corrected chi connectivity index (χ2v) is 5.72. The van der Waals surface area contributed by atoms with Gasteiger partial charge in [0.1, 0.15) is 5.82 Å². The number of rotatable bonds is 6. The molecule has 0 saturated carbocycles. The number of nitrogens with zero attached hydrogens (tertiary/aromatic N) is 1. The van der Waals surface area contributed by atoms with Crippen LogP contribution in [0.1, 0.15) is 30.6 Å². The van der Waals surface area contributed by atoms with E-state index in [0.29, 0.717) is 17.1 Å². The minimum atomic E-state index is -0.508. The SMILES string of the molecule is CC(C)N(C)CCCNC(=O)c1ccc(Br)cc1F. The van der Waals surface area contributed by atoms with Gasteiger partial charge in [0.25, 0.3) is 5.91 Å². The number of carbonyl (C=O) groups excluding carboxylic acids is 1. The van der Waals surface area contributed by atoms with Crippen molar-refractivity contribution in [3.8, 4) is 0 Å². The van der Waals surface area contributed by atoms with E-state index in [0.717, 1.165) is 13.0 Å². The molecule has 19 heavy (non-hydrogen) atoms. The molecule has 0 aliphatic rings. The van der Waals surface area contributed by atoms with Gasteiger partial charge in [-0.2, -0.15) is 0 Å². The zero-order valence-electron chi connectivity index (χ0n) is 11.5. The van der Waals surface area contributed by atoms with Crippen LogP contribution in [0.4, 0.5) is 4.39 Å². The largest absolute Gasteiger partial charge is 0.352 e. The average Bonchev–Trinajstić information content (AvgIpc) is 2.33. The third-order valence-electron chi connectivity index (χ3n) is 3.03. The fraction of sp³-hybridized carbons (Fsp3) is 0.500. The third kappa shape index (κ3) is 5.28. The molecule has 1 N–H and O–H groups in total. The van der Waals surface area contributed by atoms with E-state index in [2.05, 4.69) is 40.0 Å². The molecule has 0 atom stereocenters. The lowest BCUT2D eigenvalue weighted by Gasteiger charge is -2.20. The average molecular weight is 331 g/mol. The number of amides is 1. The number of hydrogen-bond acceptors (Lipinski definition) is 2. The molecule has 1 aromatic carbocycles. The molecule has 0 unspecified atom stereocenters. The summed E-state index contributed by atoms with van der Waals surface area (Å²) in [6.45, 7) is 5.69. The van der Waals surface area contributed by atoms with Gasteiger partial charge in [-0.15, -0.1) is 0 Å². The maximum atomic E-state index is 13.5. The molecule has 0 aromatic heterocycles. The Kier molecular flexibility index (Phi) is 6.45. The van der Waals surface area contributed by atoms with Crippen LogP contribution in [0.15, 0.2) is 22.7 Å². The summed E-state index contributed by atoms with van der Waals surface area (Å²) < 4.78 is 14.2. The van der Waals surface area contributed by atoms with E-state index < -0.39 is 5.82 Å². The van der Waals surface area contributed by atoms with Gasteiger partial charge in [-0.1, -0.05) is 15.9 Å². The quantitative estimate of drug-likeness (QED) is 0.813. The lowest BCUT2D eigenvalue weighted by atomic mass is 10.2. The predicted molar refractivity (Wildman–Crippen MR) is 78.8 cm³/mol. The van der Waals surface area contributed by atoms with Crippen LogP contribution in [-0.4, -0.2) is 37.0 Å². The van der Waals surface area contributed by atoms with Gasteiger partial charge in [0.05, 0.1) is 5.56 Å². The first-order valence-corrected chi connectivity index (χ1v) is 7.14. The molecule has 0 spiro atoms. The molecule has 106 valence electrons. The number of halogens is 2. The molecule has 1 rings (SSSR count). The molecule has 5 heteroatoms. The van der Waals surface area contributed by atoms with Gasteiger partial charge in [-0.25, -0.2) is 4.39 Å². The van der Waals surface area contributed by atoms with E-state index >= 15 is 0 Å². The highest BCUT2D eigenvalue weighted by Gasteiger charge is 2.11. The maximum absolute atomic E-state index is 13.5. The molecule has 3 nitrogen and oxygen atoms in total. The molecular formula is C14H20BrFN2O. The second-order valence-electron chi connectivity index (χ2n) is 4.81. The van der Waals surface area contributed by atoms with Crippen LogP contribution < -0.4 is 5.32 Å². The Morgan fingerprint density at radius 1 is 1.47 bits per heavy atom. The van der Waals surface area contributed by atoms with Gasteiger partial charge in [0.2, 0.25) is 0 Å². The minimum absolute atomic E-state index is 0.0837. The van der Waals surface area contributed by atoms with E-state index in [1.807, 2.05) is 7.05 Å². The van der Waals surface area contributed by atoms with E-state index in [1.54, 1.807) is 6.07 Å². The van der Waals surface area contributed by atoms with Crippen LogP contribution in [0, 0.1) is 5.82 Å². The summed E-state index contributed by atoms with van der Waals surface area (Å²) >= 11 is 3.16. The molecule has 0 fully saturated rings. The first kappa shape index (κ1) is 16.1. The normalized spacial score (nSPS) is 11.1. The highest BCUT2D eigenvalue weighted by Crippen LogP contribution is 2.15. The molecule has 0 radical (unpaired) electrons. The monoisotopic (exact) mass is 330 g/mol. The second kappa shape index (κ2) is 7.60. The Bertz CT molecular complexity index is 437. The van der Waals surface area contributed by atoms with Crippen molar-refractivity contribution in [3.63, 3.8) is 0 Å². The van der Waals surface area contributed by atoms with Gasteiger partial charge in [0, 0.05) is 17.1 Å². The van der Waals surface area contributed by atoms with Crippen molar-refractivity contribution in [2.24, 2.45) is 0 Å². The van der Waals surface area contributed by atoms with Gasteiger partial charge >= 0.3 is 0 Å². The summed E-state index contributed by atoms with van der Waals surface area (Å²) in [6.07, 6.45) is 0.846. The summed E-state index contributed by atoms with van der Waals surface area (Å²) in [4.78, 5) is 14.0. The number of carbonyl (C=O) groups is 1. The molecule has 0 bridgehead atoms. The Labute approximate surface area is 122 Å². The fourth-order valence-electron chi connectivity index (χ4n) is 1.56. The third-order valence-corrected chi connectivity index (χ3v) is 3.52. The first-order valence-electron chi connectivity index (χ1n) is 6.35. The topological polar surface area (TPSA) is 32.3 Å². The van der Waals surface area contributed by atoms with Crippen LogP contribution in [0.2, 0.25) is 0 Å². The van der Waals surface area contributed by atoms with E-state index in [-0.39, 0.29) is 11.5 Å². The van der Waals surface area contributed by atoms with Crippen molar-refractivity contribution in [1.82, 2.24) is 10.2 Å². The van der Waals surface area contributed by atoms with Crippen LogP contribution in [0.25, 0.3) is 0 Å². The molecule has 0 aliphatic heterocycles. The maximum Gasteiger partial charge on any atom is 0.254 e. The Balaban J connectivity index is 2.39. The van der Waals surface area contributed by atoms with Crippen molar-refractivity contribution in [2.75, 3.05) is 20.1 Å². The van der Waals surface area contributed by atoms with Crippen molar-refractivity contribution in [2.45, 2.75) is 26.3 Å². The first-order chi connectivity index (χ1) is 8.91. The summed E-state index contributed by atoms with van der Waals surface area (Å²) in [5.41, 5.74) is 0.0837.